The van der Waals surface area contributed by atoms with E-state index in [9.17, 15) is 9.59 Å². The van der Waals surface area contributed by atoms with Crippen LogP contribution in [0.4, 0.5) is 4.79 Å². The normalized spacial score (nSPS) is 15.9. The monoisotopic (exact) mass is 375 g/mol. The first-order valence-corrected chi connectivity index (χ1v) is 9.76. The molecule has 2 rings (SSSR count). The third kappa shape index (κ3) is 7.59. The lowest BCUT2D eigenvalue weighted by atomic mass is 10.1. The Bertz CT molecular complexity index is 640. The van der Waals surface area contributed by atoms with Crippen molar-refractivity contribution in [1.29, 1.82) is 0 Å². The molecule has 6 heteroatoms. The number of carbonyl (C=O) groups is 2. The summed E-state index contributed by atoms with van der Waals surface area (Å²) in [5, 5.41) is 2.65. The van der Waals surface area contributed by atoms with E-state index in [1.165, 1.54) is 11.1 Å². The van der Waals surface area contributed by atoms with Crippen LogP contribution in [0, 0.1) is 6.92 Å². The van der Waals surface area contributed by atoms with Gasteiger partial charge in [-0.25, -0.2) is 4.79 Å². The van der Waals surface area contributed by atoms with Crippen molar-refractivity contribution >= 4 is 12.0 Å². The minimum Gasteiger partial charge on any atom is -0.444 e. The van der Waals surface area contributed by atoms with Gasteiger partial charge < -0.3 is 15.0 Å². The predicted molar refractivity (Wildman–Crippen MR) is 107 cm³/mol. The van der Waals surface area contributed by atoms with E-state index in [1.54, 1.807) is 0 Å². The highest BCUT2D eigenvalue weighted by Gasteiger charge is 2.20. The van der Waals surface area contributed by atoms with E-state index in [-0.39, 0.29) is 5.91 Å². The maximum atomic E-state index is 12.5. The van der Waals surface area contributed by atoms with Crippen molar-refractivity contribution < 1.29 is 14.3 Å². The number of alkyl carbamates (subject to hydrolysis) is 1. The van der Waals surface area contributed by atoms with Gasteiger partial charge in [0.25, 0.3) is 0 Å². The quantitative estimate of drug-likeness (QED) is 0.860. The fourth-order valence-corrected chi connectivity index (χ4v) is 3.15. The second kappa shape index (κ2) is 9.74. The number of hydrogen-bond acceptors (Lipinski definition) is 4. The third-order valence-electron chi connectivity index (χ3n) is 4.60. The van der Waals surface area contributed by atoms with E-state index in [2.05, 4.69) is 41.4 Å². The summed E-state index contributed by atoms with van der Waals surface area (Å²) in [6.45, 7) is 12.2. The van der Waals surface area contributed by atoms with Crippen LogP contribution in [0.3, 0.4) is 0 Å². The SMILES string of the molecule is Cc1ccccc1CN1CCCN(C(=O)CCNC(=O)OC(C)(C)C)CC1. The molecule has 0 radical (unpaired) electrons. The maximum Gasteiger partial charge on any atom is 0.407 e. The fraction of sp³-hybridized carbons (Fsp3) is 0.619. The van der Waals surface area contributed by atoms with Crippen molar-refractivity contribution in [3.8, 4) is 0 Å². The van der Waals surface area contributed by atoms with Gasteiger partial charge in [-0.2, -0.15) is 0 Å². The van der Waals surface area contributed by atoms with E-state index in [0.717, 1.165) is 39.1 Å². The number of ether oxygens (including phenoxy) is 1. The number of amides is 2. The third-order valence-corrected chi connectivity index (χ3v) is 4.60. The van der Waals surface area contributed by atoms with Crippen LogP contribution >= 0.6 is 0 Å². The van der Waals surface area contributed by atoms with Crippen LogP contribution in [-0.2, 0) is 16.1 Å². The number of carbonyl (C=O) groups excluding carboxylic acids is 2. The second-order valence-corrected chi connectivity index (χ2v) is 8.12. The van der Waals surface area contributed by atoms with Gasteiger partial charge in [-0.1, -0.05) is 24.3 Å². The van der Waals surface area contributed by atoms with Gasteiger partial charge in [-0.05, 0) is 45.2 Å². The summed E-state index contributed by atoms with van der Waals surface area (Å²) >= 11 is 0. The molecule has 1 saturated heterocycles. The van der Waals surface area contributed by atoms with Gasteiger partial charge in [0, 0.05) is 45.7 Å². The molecule has 1 N–H and O–H groups in total. The maximum absolute atomic E-state index is 12.5. The van der Waals surface area contributed by atoms with Crippen LogP contribution in [0.1, 0.15) is 44.7 Å². The average molecular weight is 376 g/mol. The van der Waals surface area contributed by atoms with Gasteiger partial charge in [-0.3, -0.25) is 9.69 Å². The average Bonchev–Trinajstić information content (AvgIpc) is 2.81. The molecule has 1 fully saturated rings. The van der Waals surface area contributed by atoms with Gasteiger partial charge >= 0.3 is 6.09 Å². The summed E-state index contributed by atoms with van der Waals surface area (Å²) in [6, 6.07) is 8.45. The molecule has 0 saturated carbocycles. The Morgan fingerprint density at radius 2 is 1.85 bits per heavy atom. The molecule has 1 heterocycles. The number of nitrogens with zero attached hydrogens (tertiary/aromatic N) is 2. The summed E-state index contributed by atoms with van der Waals surface area (Å²) in [4.78, 5) is 28.4. The smallest absolute Gasteiger partial charge is 0.407 e. The summed E-state index contributed by atoms with van der Waals surface area (Å²) in [7, 11) is 0. The molecule has 0 spiro atoms. The Morgan fingerprint density at radius 1 is 1.11 bits per heavy atom. The molecule has 0 atom stereocenters. The minimum atomic E-state index is -0.528. The summed E-state index contributed by atoms with van der Waals surface area (Å²) < 4.78 is 5.18. The van der Waals surface area contributed by atoms with E-state index >= 15 is 0 Å². The first-order chi connectivity index (χ1) is 12.7. The molecule has 1 aromatic rings. The van der Waals surface area contributed by atoms with Crippen molar-refractivity contribution in [2.75, 3.05) is 32.7 Å². The summed E-state index contributed by atoms with van der Waals surface area (Å²) in [5.74, 6) is 0.0869. The van der Waals surface area contributed by atoms with Crippen LogP contribution in [-0.4, -0.2) is 60.1 Å². The first kappa shape index (κ1) is 21.2. The van der Waals surface area contributed by atoms with Crippen LogP contribution in [0.2, 0.25) is 0 Å². The fourth-order valence-electron chi connectivity index (χ4n) is 3.15. The zero-order chi connectivity index (χ0) is 19.9. The van der Waals surface area contributed by atoms with Crippen molar-refractivity contribution in [3.05, 3.63) is 35.4 Å². The van der Waals surface area contributed by atoms with Crippen molar-refractivity contribution in [2.45, 2.75) is 52.7 Å². The Hall–Kier alpha value is -2.08. The van der Waals surface area contributed by atoms with Gasteiger partial charge in [0.1, 0.15) is 5.60 Å². The molecular formula is C21H33N3O3. The molecule has 27 heavy (non-hydrogen) atoms. The summed E-state index contributed by atoms with van der Waals surface area (Å²) in [6.07, 6.45) is 0.796. The highest BCUT2D eigenvalue weighted by molar-refractivity contribution is 5.77. The molecule has 0 aliphatic carbocycles. The van der Waals surface area contributed by atoms with Gasteiger partial charge in [-0.15, -0.1) is 0 Å². The highest BCUT2D eigenvalue weighted by atomic mass is 16.6. The lowest BCUT2D eigenvalue weighted by Crippen LogP contribution is -2.38. The van der Waals surface area contributed by atoms with E-state index < -0.39 is 11.7 Å². The topological polar surface area (TPSA) is 61.9 Å². The van der Waals surface area contributed by atoms with Crippen LogP contribution in [0.5, 0.6) is 0 Å². The predicted octanol–water partition coefficient (Wildman–Crippen LogP) is 2.94. The molecule has 0 bridgehead atoms. The minimum absolute atomic E-state index is 0.0869. The first-order valence-electron chi connectivity index (χ1n) is 9.76. The molecule has 0 aromatic heterocycles. The summed E-state index contributed by atoms with van der Waals surface area (Å²) in [5.41, 5.74) is 2.13. The number of hydrogen-bond donors (Lipinski definition) is 1. The largest absolute Gasteiger partial charge is 0.444 e. The molecule has 6 nitrogen and oxygen atoms in total. The lowest BCUT2D eigenvalue weighted by molar-refractivity contribution is -0.130. The Balaban J connectivity index is 1.74. The zero-order valence-electron chi connectivity index (χ0n) is 17.1. The number of rotatable bonds is 5. The highest BCUT2D eigenvalue weighted by Crippen LogP contribution is 2.13. The number of benzene rings is 1. The molecule has 0 unspecified atom stereocenters. The van der Waals surface area contributed by atoms with Gasteiger partial charge in [0.05, 0.1) is 0 Å². The standard InChI is InChI=1S/C21H33N3O3/c1-17-8-5-6-9-18(17)16-23-12-7-13-24(15-14-23)19(25)10-11-22-20(26)27-21(2,3)4/h5-6,8-9H,7,10-16H2,1-4H3,(H,22,26). The Kier molecular flexibility index (Phi) is 7.66. The molecular weight excluding hydrogens is 342 g/mol. The van der Waals surface area contributed by atoms with Crippen molar-refractivity contribution in [1.82, 2.24) is 15.1 Å². The van der Waals surface area contributed by atoms with Crippen LogP contribution < -0.4 is 5.32 Å². The van der Waals surface area contributed by atoms with E-state index in [1.807, 2.05) is 25.7 Å². The zero-order valence-corrected chi connectivity index (χ0v) is 17.1. The van der Waals surface area contributed by atoms with E-state index in [4.69, 9.17) is 4.74 Å². The van der Waals surface area contributed by atoms with Gasteiger partial charge in [0.2, 0.25) is 5.91 Å². The number of nitrogens with one attached hydrogen (secondary N) is 1. The molecule has 150 valence electrons. The van der Waals surface area contributed by atoms with Crippen LogP contribution in [0.25, 0.3) is 0 Å². The molecule has 1 aromatic carbocycles. The van der Waals surface area contributed by atoms with Crippen molar-refractivity contribution in [2.24, 2.45) is 0 Å². The van der Waals surface area contributed by atoms with Crippen molar-refractivity contribution in [3.63, 3.8) is 0 Å². The molecule has 1 aliphatic rings. The molecule has 1 aliphatic heterocycles. The second-order valence-electron chi connectivity index (χ2n) is 8.12. The van der Waals surface area contributed by atoms with E-state index in [0.29, 0.717) is 13.0 Å². The van der Waals surface area contributed by atoms with Gasteiger partial charge in [0.15, 0.2) is 0 Å². The Labute approximate surface area is 162 Å². The Morgan fingerprint density at radius 3 is 2.56 bits per heavy atom. The molecule has 2 amide bonds. The lowest BCUT2D eigenvalue weighted by Gasteiger charge is -2.23. The van der Waals surface area contributed by atoms with Crippen LogP contribution in [0.15, 0.2) is 24.3 Å². The number of aryl methyl sites for hydroxylation is 1.